The van der Waals surface area contributed by atoms with Crippen molar-refractivity contribution in [1.82, 2.24) is 0 Å². The lowest BCUT2D eigenvalue weighted by molar-refractivity contribution is 0.0734. The maximum atomic E-state index is 12.2. The molecule has 23 heavy (non-hydrogen) atoms. The van der Waals surface area contributed by atoms with Crippen molar-refractivity contribution in [2.45, 2.75) is 52.4 Å². The topological polar surface area (TPSA) is 26.3 Å². The molecule has 2 nitrogen and oxygen atoms in total. The Labute approximate surface area is 139 Å². The Hall–Kier alpha value is -2.09. The monoisotopic (exact) mass is 310 g/mol. The standard InChI is InChI=1S/C21H26O2/c1-6-15(2)16-9-13-19(14-10-16)23-20(22)17-7-11-18(12-8-17)21(3,4)5/h7-15H,6H2,1-5H3. The van der Waals surface area contributed by atoms with Crippen molar-refractivity contribution < 1.29 is 9.53 Å². The van der Waals surface area contributed by atoms with Crippen LogP contribution in [0.3, 0.4) is 0 Å². The normalized spacial score (nSPS) is 12.7. The molecule has 0 spiro atoms. The maximum absolute atomic E-state index is 12.2. The number of benzene rings is 2. The fraction of sp³-hybridized carbons (Fsp3) is 0.381. The van der Waals surface area contributed by atoms with Crippen LogP contribution in [0.4, 0.5) is 0 Å². The second kappa shape index (κ2) is 6.99. The molecular formula is C21H26O2. The highest BCUT2D eigenvalue weighted by Gasteiger charge is 2.15. The van der Waals surface area contributed by atoms with Gasteiger partial charge >= 0.3 is 5.97 Å². The number of hydrogen-bond donors (Lipinski definition) is 0. The van der Waals surface area contributed by atoms with E-state index >= 15 is 0 Å². The summed E-state index contributed by atoms with van der Waals surface area (Å²) >= 11 is 0. The number of ether oxygens (including phenoxy) is 1. The summed E-state index contributed by atoms with van der Waals surface area (Å²) in [6, 6.07) is 15.4. The van der Waals surface area contributed by atoms with E-state index in [1.807, 2.05) is 48.5 Å². The highest BCUT2D eigenvalue weighted by atomic mass is 16.5. The van der Waals surface area contributed by atoms with Gasteiger partial charge in [-0.05, 0) is 53.1 Å². The molecule has 0 fully saturated rings. The Morgan fingerprint density at radius 1 is 1.00 bits per heavy atom. The fourth-order valence-corrected chi connectivity index (χ4v) is 2.37. The van der Waals surface area contributed by atoms with Crippen LogP contribution < -0.4 is 4.74 Å². The summed E-state index contributed by atoms with van der Waals surface area (Å²) in [6.07, 6.45) is 1.10. The number of carbonyl (C=O) groups is 1. The summed E-state index contributed by atoms with van der Waals surface area (Å²) in [4.78, 5) is 12.2. The third-order valence-corrected chi connectivity index (χ3v) is 4.26. The van der Waals surface area contributed by atoms with Crippen LogP contribution in [-0.4, -0.2) is 5.97 Å². The molecule has 2 aromatic carbocycles. The molecule has 0 saturated carbocycles. The quantitative estimate of drug-likeness (QED) is 0.533. The van der Waals surface area contributed by atoms with Gasteiger partial charge in [-0.25, -0.2) is 4.79 Å². The van der Waals surface area contributed by atoms with Gasteiger partial charge in [0.1, 0.15) is 5.75 Å². The molecule has 122 valence electrons. The number of esters is 1. The molecule has 0 N–H and O–H groups in total. The molecule has 2 rings (SSSR count). The summed E-state index contributed by atoms with van der Waals surface area (Å²) in [7, 11) is 0. The van der Waals surface area contributed by atoms with Gasteiger partial charge in [0.25, 0.3) is 0 Å². The Morgan fingerprint density at radius 2 is 1.57 bits per heavy atom. The van der Waals surface area contributed by atoms with Gasteiger partial charge < -0.3 is 4.74 Å². The van der Waals surface area contributed by atoms with Crippen LogP contribution in [0.2, 0.25) is 0 Å². The third kappa shape index (κ3) is 4.44. The van der Waals surface area contributed by atoms with Gasteiger partial charge in [-0.2, -0.15) is 0 Å². The summed E-state index contributed by atoms with van der Waals surface area (Å²) < 4.78 is 5.46. The highest BCUT2D eigenvalue weighted by molar-refractivity contribution is 5.91. The van der Waals surface area contributed by atoms with Gasteiger partial charge in [-0.15, -0.1) is 0 Å². The minimum Gasteiger partial charge on any atom is -0.423 e. The van der Waals surface area contributed by atoms with E-state index in [0.29, 0.717) is 17.2 Å². The maximum Gasteiger partial charge on any atom is 0.343 e. The lowest BCUT2D eigenvalue weighted by Gasteiger charge is -2.18. The Kier molecular flexibility index (Phi) is 5.25. The van der Waals surface area contributed by atoms with E-state index in [0.717, 1.165) is 6.42 Å². The van der Waals surface area contributed by atoms with Crippen molar-refractivity contribution in [2.75, 3.05) is 0 Å². The van der Waals surface area contributed by atoms with Crippen LogP contribution in [0, 0.1) is 0 Å². The molecule has 0 aliphatic carbocycles. The second-order valence-corrected chi connectivity index (χ2v) is 7.10. The van der Waals surface area contributed by atoms with Crippen molar-refractivity contribution in [2.24, 2.45) is 0 Å². The Morgan fingerprint density at radius 3 is 2.04 bits per heavy atom. The van der Waals surface area contributed by atoms with Crippen molar-refractivity contribution in [3.05, 3.63) is 65.2 Å². The molecule has 2 aromatic rings. The fourth-order valence-electron chi connectivity index (χ4n) is 2.37. The first-order valence-electron chi connectivity index (χ1n) is 8.24. The van der Waals surface area contributed by atoms with Crippen LogP contribution in [0.15, 0.2) is 48.5 Å². The highest BCUT2D eigenvalue weighted by Crippen LogP contribution is 2.24. The predicted molar refractivity (Wildman–Crippen MR) is 95.2 cm³/mol. The number of hydrogen-bond acceptors (Lipinski definition) is 2. The SMILES string of the molecule is CCC(C)c1ccc(OC(=O)c2ccc(C(C)(C)C)cc2)cc1. The molecule has 0 heterocycles. The smallest absolute Gasteiger partial charge is 0.343 e. The van der Waals surface area contributed by atoms with E-state index in [2.05, 4.69) is 34.6 Å². The largest absolute Gasteiger partial charge is 0.423 e. The molecule has 0 aliphatic heterocycles. The van der Waals surface area contributed by atoms with Gasteiger partial charge in [0, 0.05) is 0 Å². The zero-order valence-electron chi connectivity index (χ0n) is 14.7. The van der Waals surface area contributed by atoms with E-state index in [1.54, 1.807) is 0 Å². The summed E-state index contributed by atoms with van der Waals surface area (Å²) in [5, 5.41) is 0. The molecule has 1 atom stereocenters. The van der Waals surface area contributed by atoms with Gasteiger partial charge in [-0.1, -0.05) is 58.9 Å². The average Bonchev–Trinajstić information content (AvgIpc) is 2.54. The van der Waals surface area contributed by atoms with E-state index in [1.165, 1.54) is 11.1 Å². The van der Waals surface area contributed by atoms with E-state index in [9.17, 15) is 4.79 Å². The molecule has 0 aromatic heterocycles. The first-order valence-corrected chi connectivity index (χ1v) is 8.24. The van der Waals surface area contributed by atoms with E-state index in [4.69, 9.17) is 4.74 Å². The number of carbonyl (C=O) groups excluding carboxylic acids is 1. The van der Waals surface area contributed by atoms with Crippen molar-refractivity contribution >= 4 is 5.97 Å². The van der Waals surface area contributed by atoms with Gasteiger partial charge in [0.05, 0.1) is 5.56 Å². The molecule has 0 bridgehead atoms. The summed E-state index contributed by atoms with van der Waals surface area (Å²) in [5.74, 6) is 0.786. The first-order chi connectivity index (χ1) is 10.8. The molecule has 0 aliphatic rings. The van der Waals surface area contributed by atoms with Gasteiger partial charge in [-0.3, -0.25) is 0 Å². The average molecular weight is 310 g/mol. The molecule has 2 heteroatoms. The van der Waals surface area contributed by atoms with Crippen molar-refractivity contribution in [3.63, 3.8) is 0 Å². The zero-order valence-corrected chi connectivity index (χ0v) is 14.7. The summed E-state index contributed by atoms with van der Waals surface area (Å²) in [6.45, 7) is 10.8. The van der Waals surface area contributed by atoms with Crippen LogP contribution in [0.1, 0.15) is 68.4 Å². The molecule has 0 amide bonds. The molecule has 0 radical (unpaired) electrons. The lowest BCUT2D eigenvalue weighted by Crippen LogP contribution is -2.12. The Bertz CT molecular complexity index is 646. The van der Waals surface area contributed by atoms with Gasteiger partial charge in [0.15, 0.2) is 0 Å². The first kappa shape index (κ1) is 17.3. The molecule has 1 unspecified atom stereocenters. The van der Waals surface area contributed by atoms with Crippen LogP contribution >= 0.6 is 0 Å². The second-order valence-electron chi connectivity index (χ2n) is 7.10. The minimum absolute atomic E-state index is 0.0776. The van der Waals surface area contributed by atoms with Crippen molar-refractivity contribution in [1.29, 1.82) is 0 Å². The van der Waals surface area contributed by atoms with Crippen LogP contribution in [0.25, 0.3) is 0 Å². The summed E-state index contributed by atoms with van der Waals surface area (Å²) in [5.41, 5.74) is 3.12. The van der Waals surface area contributed by atoms with Crippen LogP contribution in [-0.2, 0) is 5.41 Å². The lowest BCUT2D eigenvalue weighted by atomic mass is 9.87. The van der Waals surface area contributed by atoms with Gasteiger partial charge in [0.2, 0.25) is 0 Å². The Balaban J connectivity index is 2.07. The van der Waals surface area contributed by atoms with E-state index < -0.39 is 0 Å². The van der Waals surface area contributed by atoms with Crippen LogP contribution in [0.5, 0.6) is 5.75 Å². The minimum atomic E-state index is -0.318. The zero-order chi connectivity index (χ0) is 17.0. The van der Waals surface area contributed by atoms with E-state index in [-0.39, 0.29) is 11.4 Å². The predicted octanol–water partition coefficient (Wildman–Crippen LogP) is 5.72. The van der Waals surface area contributed by atoms with Crippen molar-refractivity contribution in [3.8, 4) is 5.75 Å². The molecule has 0 saturated heterocycles. The molecular weight excluding hydrogens is 284 g/mol. The third-order valence-electron chi connectivity index (χ3n) is 4.26. The number of rotatable bonds is 4.